The van der Waals surface area contributed by atoms with Crippen LogP contribution in [0.1, 0.15) is 37.4 Å². The number of halogens is 1. The average molecular weight is 501 g/mol. The van der Waals surface area contributed by atoms with E-state index >= 15 is 0 Å². The molecule has 1 heterocycles. The molecule has 1 N–H and O–H groups in total. The number of rotatable bonds is 9. The third-order valence-electron chi connectivity index (χ3n) is 5.86. The Bertz CT molecular complexity index is 999. The van der Waals surface area contributed by atoms with E-state index in [1.165, 1.54) is 7.11 Å². The first-order valence-corrected chi connectivity index (χ1v) is 11.6. The van der Waals surface area contributed by atoms with Crippen LogP contribution in [-0.4, -0.2) is 59.9 Å². The number of methoxy groups -OCH3 is 1. The third kappa shape index (κ3) is 4.89. The lowest BCUT2D eigenvalue weighted by Gasteiger charge is -2.27. The summed E-state index contributed by atoms with van der Waals surface area (Å²) in [5, 5.41) is 11.2. The predicted molar refractivity (Wildman–Crippen MR) is 129 cm³/mol. The molecule has 1 unspecified atom stereocenters. The van der Waals surface area contributed by atoms with Crippen LogP contribution in [0.2, 0.25) is 0 Å². The first-order valence-electron chi connectivity index (χ1n) is 10.8. The molecule has 0 saturated carbocycles. The molecule has 1 aliphatic heterocycles. The molecule has 0 bridgehead atoms. The number of hydrogen-bond donors (Lipinski definition) is 1. The molecule has 2 aromatic rings. The maximum Gasteiger partial charge on any atom is 0.295 e. The Morgan fingerprint density at radius 2 is 1.75 bits per heavy atom. The maximum atomic E-state index is 13.1. The Morgan fingerprint density at radius 1 is 1.09 bits per heavy atom. The minimum Gasteiger partial charge on any atom is -0.507 e. The summed E-state index contributed by atoms with van der Waals surface area (Å²) in [6.45, 7) is 7.31. The quantitative estimate of drug-likeness (QED) is 0.309. The zero-order chi connectivity index (χ0) is 23.3. The molecule has 0 spiro atoms. The lowest BCUT2D eigenvalue weighted by atomic mass is 9.95. The van der Waals surface area contributed by atoms with Crippen LogP contribution in [0.3, 0.4) is 0 Å². The van der Waals surface area contributed by atoms with Crippen molar-refractivity contribution in [2.45, 2.75) is 26.3 Å². The number of likely N-dealkylation sites (tertiary alicyclic amines) is 1. The number of carbonyl (C=O) groups is 2. The highest BCUT2D eigenvalue weighted by molar-refractivity contribution is 9.10. The number of Topliss-reactive ketones (excluding diaryl/α,β-unsaturated/α-hetero) is 1. The molecule has 32 heavy (non-hydrogen) atoms. The van der Waals surface area contributed by atoms with Crippen LogP contribution in [0.25, 0.3) is 5.76 Å². The third-order valence-corrected chi connectivity index (χ3v) is 6.38. The van der Waals surface area contributed by atoms with Gasteiger partial charge in [0, 0.05) is 11.0 Å². The van der Waals surface area contributed by atoms with Crippen molar-refractivity contribution < 1.29 is 19.4 Å². The van der Waals surface area contributed by atoms with Crippen molar-refractivity contribution >= 4 is 33.4 Å². The van der Waals surface area contributed by atoms with Crippen LogP contribution < -0.4 is 4.74 Å². The van der Waals surface area contributed by atoms with Crippen LogP contribution in [0, 0.1) is 0 Å². The van der Waals surface area contributed by atoms with Gasteiger partial charge in [0.1, 0.15) is 11.5 Å². The molecule has 0 aromatic heterocycles. The van der Waals surface area contributed by atoms with Crippen LogP contribution in [0.15, 0.2) is 58.6 Å². The monoisotopic (exact) mass is 500 g/mol. The van der Waals surface area contributed by atoms with E-state index in [1.807, 2.05) is 24.3 Å². The number of aliphatic hydroxyl groups is 1. The number of para-hydroxylation sites is 1. The SMILES string of the molecule is CCN(CC)CCCN1C(=O)C(=O)/C(=C(/O)c2ccccc2OC)C1c1ccc(Br)cc1. The van der Waals surface area contributed by atoms with Gasteiger partial charge in [0.15, 0.2) is 0 Å². The number of benzene rings is 2. The normalized spacial score (nSPS) is 17.9. The van der Waals surface area contributed by atoms with E-state index < -0.39 is 17.7 Å². The van der Waals surface area contributed by atoms with Crippen LogP contribution in [-0.2, 0) is 9.59 Å². The highest BCUT2D eigenvalue weighted by atomic mass is 79.9. The standard InChI is InChI=1S/C25H29BrN2O4/c1-4-27(5-2)15-8-16-28-22(17-11-13-18(26)14-12-17)21(24(30)25(28)31)23(29)19-9-6-7-10-20(19)32-3/h6-7,9-14,22,29H,4-5,8,15-16H2,1-3H3/b23-21+. The molecule has 3 rings (SSSR count). The summed E-state index contributed by atoms with van der Waals surface area (Å²) < 4.78 is 6.26. The highest BCUT2D eigenvalue weighted by Crippen LogP contribution is 2.41. The smallest absolute Gasteiger partial charge is 0.295 e. The van der Waals surface area contributed by atoms with Crippen LogP contribution >= 0.6 is 15.9 Å². The lowest BCUT2D eigenvalue weighted by molar-refractivity contribution is -0.140. The molecule has 1 atom stereocenters. The fourth-order valence-electron chi connectivity index (χ4n) is 4.09. The Morgan fingerprint density at radius 3 is 2.38 bits per heavy atom. The molecule has 0 aliphatic carbocycles. The molecular formula is C25H29BrN2O4. The number of carbonyl (C=O) groups excluding carboxylic acids is 2. The highest BCUT2D eigenvalue weighted by Gasteiger charge is 2.46. The van der Waals surface area contributed by atoms with E-state index in [0.717, 1.165) is 36.1 Å². The molecule has 1 amide bonds. The van der Waals surface area contributed by atoms with Crippen molar-refractivity contribution in [1.29, 1.82) is 0 Å². The summed E-state index contributed by atoms with van der Waals surface area (Å²) in [6.07, 6.45) is 0.733. The van der Waals surface area contributed by atoms with Gasteiger partial charge >= 0.3 is 0 Å². The molecule has 1 aliphatic rings. The Hall–Kier alpha value is -2.64. The van der Waals surface area contributed by atoms with Gasteiger partial charge in [-0.15, -0.1) is 0 Å². The summed E-state index contributed by atoms with van der Waals surface area (Å²) in [5.74, 6) is -1.05. The molecule has 1 saturated heterocycles. The minimum absolute atomic E-state index is 0.0876. The van der Waals surface area contributed by atoms with Gasteiger partial charge in [-0.3, -0.25) is 9.59 Å². The largest absolute Gasteiger partial charge is 0.507 e. The van der Waals surface area contributed by atoms with Gasteiger partial charge in [-0.25, -0.2) is 0 Å². The fraction of sp³-hybridized carbons (Fsp3) is 0.360. The summed E-state index contributed by atoms with van der Waals surface area (Å²) in [7, 11) is 1.50. The molecule has 1 fully saturated rings. The van der Waals surface area contributed by atoms with Gasteiger partial charge in [0.25, 0.3) is 11.7 Å². The van der Waals surface area contributed by atoms with Crippen molar-refractivity contribution in [2.24, 2.45) is 0 Å². The molecule has 170 valence electrons. The van der Waals surface area contributed by atoms with Gasteiger partial charge in [-0.1, -0.05) is 54.0 Å². The number of ketones is 1. The first kappa shape index (κ1) is 24.0. The number of hydrogen-bond acceptors (Lipinski definition) is 5. The topological polar surface area (TPSA) is 70.1 Å². The summed E-state index contributed by atoms with van der Waals surface area (Å²) in [4.78, 5) is 30.0. The van der Waals surface area contributed by atoms with E-state index in [4.69, 9.17) is 4.74 Å². The second-order valence-electron chi connectivity index (χ2n) is 7.62. The van der Waals surface area contributed by atoms with Gasteiger partial charge in [0.05, 0.1) is 24.3 Å². The minimum atomic E-state index is -0.677. The van der Waals surface area contributed by atoms with Gasteiger partial charge in [0.2, 0.25) is 0 Å². The zero-order valence-electron chi connectivity index (χ0n) is 18.7. The van der Waals surface area contributed by atoms with E-state index in [9.17, 15) is 14.7 Å². The summed E-state index contributed by atoms with van der Waals surface area (Å²) in [6, 6.07) is 13.7. The van der Waals surface area contributed by atoms with Crippen LogP contribution in [0.5, 0.6) is 5.75 Å². The Labute approximate surface area is 197 Å². The number of amides is 1. The van der Waals surface area contributed by atoms with Gasteiger partial charge < -0.3 is 19.6 Å². The second kappa shape index (κ2) is 10.8. The summed E-state index contributed by atoms with van der Waals surface area (Å²) >= 11 is 3.44. The molecule has 7 heteroatoms. The summed E-state index contributed by atoms with van der Waals surface area (Å²) in [5.41, 5.74) is 1.25. The number of ether oxygens (including phenoxy) is 1. The predicted octanol–water partition coefficient (Wildman–Crippen LogP) is 4.61. The van der Waals surface area contributed by atoms with Crippen molar-refractivity contribution in [2.75, 3.05) is 33.3 Å². The lowest BCUT2D eigenvalue weighted by Crippen LogP contribution is -2.33. The fourth-order valence-corrected chi connectivity index (χ4v) is 4.36. The molecule has 2 aromatic carbocycles. The Kier molecular flexibility index (Phi) is 8.10. The number of aliphatic hydroxyl groups excluding tert-OH is 1. The van der Waals surface area contributed by atoms with E-state index in [-0.39, 0.29) is 11.3 Å². The first-order chi connectivity index (χ1) is 15.4. The van der Waals surface area contributed by atoms with Crippen LogP contribution in [0.4, 0.5) is 0 Å². The molecule has 6 nitrogen and oxygen atoms in total. The molecular weight excluding hydrogens is 472 g/mol. The van der Waals surface area contributed by atoms with Crippen molar-refractivity contribution in [3.05, 3.63) is 69.7 Å². The van der Waals surface area contributed by atoms with Crippen molar-refractivity contribution in [3.8, 4) is 5.75 Å². The Balaban J connectivity index is 2.06. The van der Waals surface area contributed by atoms with Crippen molar-refractivity contribution in [3.63, 3.8) is 0 Å². The van der Waals surface area contributed by atoms with Crippen molar-refractivity contribution in [1.82, 2.24) is 9.80 Å². The van der Waals surface area contributed by atoms with E-state index in [0.29, 0.717) is 17.9 Å². The van der Waals surface area contributed by atoms with Gasteiger partial charge in [-0.05, 0) is 55.9 Å². The van der Waals surface area contributed by atoms with E-state index in [1.54, 1.807) is 29.2 Å². The maximum absolute atomic E-state index is 13.1. The van der Waals surface area contributed by atoms with E-state index in [2.05, 4.69) is 34.7 Å². The zero-order valence-corrected chi connectivity index (χ0v) is 20.3. The molecule has 0 radical (unpaired) electrons. The average Bonchev–Trinajstić information content (AvgIpc) is 3.06. The number of nitrogens with zero attached hydrogens (tertiary/aromatic N) is 2. The van der Waals surface area contributed by atoms with Gasteiger partial charge in [-0.2, -0.15) is 0 Å². The second-order valence-corrected chi connectivity index (χ2v) is 8.54.